The Labute approximate surface area is 69.0 Å². The van der Waals surface area contributed by atoms with E-state index in [1.165, 1.54) is 6.20 Å². The number of aromatic amines is 1. The third kappa shape index (κ3) is 2.57. The molecule has 3 nitrogen and oxygen atoms in total. The minimum Gasteiger partial charge on any atom is -0.325 e. The Morgan fingerprint density at radius 2 is 2.17 bits per heavy atom. The molecule has 0 aliphatic rings. The number of H-pyrrole nitrogens is 1. The van der Waals surface area contributed by atoms with Gasteiger partial charge in [-0.1, -0.05) is 0 Å². The van der Waals surface area contributed by atoms with Gasteiger partial charge in [0.05, 0.1) is 0 Å². The SMILES string of the molecule is O=c1[nH]ccnc1SC(F)(F)F. The minimum atomic E-state index is -4.47. The van der Waals surface area contributed by atoms with Crippen LogP contribution in [0.25, 0.3) is 0 Å². The van der Waals surface area contributed by atoms with Gasteiger partial charge in [-0.05, 0) is 0 Å². The second-order valence-corrected chi connectivity index (χ2v) is 2.82. The molecule has 0 radical (unpaired) electrons. The first-order valence-corrected chi connectivity index (χ1v) is 3.60. The summed E-state index contributed by atoms with van der Waals surface area (Å²) in [5, 5.41) is -0.593. The Morgan fingerprint density at radius 3 is 2.67 bits per heavy atom. The van der Waals surface area contributed by atoms with Crippen LogP contribution in [0.1, 0.15) is 0 Å². The molecule has 7 heteroatoms. The zero-order valence-electron chi connectivity index (χ0n) is 5.55. The standard InChI is InChI=1S/C5H3F3N2OS/c6-5(7,8)12-4-3(11)9-1-2-10-4/h1-2H,(H,9,11). The molecule has 0 fully saturated rings. The van der Waals surface area contributed by atoms with Crippen LogP contribution in [0.3, 0.4) is 0 Å². The molecule has 0 saturated carbocycles. The largest absolute Gasteiger partial charge is 0.448 e. The van der Waals surface area contributed by atoms with Gasteiger partial charge in [-0.3, -0.25) is 4.79 Å². The summed E-state index contributed by atoms with van der Waals surface area (Å²) in [6.45, 7) is 0. The molecule has 1 aromatic rings. The highest BCUT2D eigenvalue weighted by Crippen LogP contribution is 2.33. The zero-order chi connectivity index (χ0) is 9.19. The number of aromatic nitrogens is 2. The van der Waals surface area contributed by atoms with E-state index in [2.05, 4.69) is 9.97 Å². The van der Waals surface area contributed by atoms with E-state index in [1.54, 1.807) is 0 Å². The van der Waals surface area contributed by atoms with E-state index in [4.69, 9.17) is 0 Å². The van der Waals surface area contributed by atoms with Crippen molar-refractivity contribution < 1.29 is 13.2 Å². The summed E-state index contributed by atoms with van der Waals surface area (Å²) in [4.78, 5) is 16.0. The first-order chi connectivity index (χ1) is 5.49. The second kappa shape index (κ2) is 3.18. The van der Waals surface area contributed by atoms with Gasteiger partial charge in [0.1, 0.15) is 0 Å². The van der Waals surface area contributed by atoms with Gasteiger partial charge in [0.25, 0.3) is 5.56 Å². The number of halogens is 3. The predicted octanol–water partition coefficient (Wildman–Crippen LogP) is 1.38. The third-order valence-electron chi connectivity index (χ3n) is 0.887. The Bertz CT molecular complexity index is 321. The van der Waals surface area contributed by atoms with E-state index < -0.39 is 27.9 Å². The average Bonchev–Trinajstić information content (AvgIpc) is 1.91. The highest BCUT2D eigenvalue weighted by molar-refractivity contribution is 8.00. The van der Waals surface area contributed by atoms with Crippen LogP contribution in [0.4, 0.5) is 13.2 Å². The van der Waals surface area contributed by atoms with Crippen LogP contribution < -0.4 is 5.56 Å². The van der Waals surface area contributed by atoms with Crippen LogP contribution in [0.5, 0.6) is 0 Å². The predicted molar refractivity (Wildman–Crippen MR) is 36.8 cm³/mol. The van der Waals surface area contributed by atoms with Gasteiger partial charge in [0.2, 0.25) is 0 Å². The first-order valence-electron chi connectivity index (χ1n) is 2.78. The van der Waals surface area contributed by atoms with Crippen molar-refractivity contribution in [1.29, 1.82) is 0 Å². The lowest BCUT2D eigenvalue weighted by atomic mass is 10.7. The van der Waals surface area contributed by atoms with Crippen molar-refractivity contribution in [3.8, 4) is 0 Å². The highest BCUT2D eigenvalue weighted by Gasteiger charge is 2.31. The monoisotopic (exact) mass is 196 g/mol. The van der Waals surface area contributed by atoms with Crippen LogP contribution in [0, 0.1) is 0 Å². The summed E-state index contributed by atoms with van der Waals surface area (Å²) in [7, 11) is 0. The van der Waals surface area contributed by atoms with Crippen molar-refractivity contribution >= 4 is 11.8 Å². The second-order valence-electron chi connectivity index (χ2n) is 1.77. The third-order valence-corrected chi connectivity index (χ3v) is 1.60. The fraction of sp³-hybridized carbons (Fsp3) is 0.200. The topological polar surface area (TPSA) is 45.8 Å². The van der Waals surface area contributed by atoms with Gasteiger partial charge < -0.3 is 4.98 Å². The molecule has 0 aliphatic heterocycles. The first kappa shape index (κ1) is 9.11. The van der Waals surface area contributed by atoms with Crippen molar-refractivity contribution in [3.05, 3.63) is 22.7 Å². The molecule has 0 saturated heterocycles. The molecular formula is C5H3F3N2OS. The minimum absolute atomic E-state index is 0.528. The summed E-state index contributed by atoms with van der Waals surface area (Å²) in [6, 6.07) is 0. The van der Waals surface area contributed by atoms with Crippen LogP contribution in [-0.2, 0) is 0 Å². The maximum Gasteiger partial charge on any atom is 0.448 e. The molecule has 12 heavy (non-hydrogen) atoms. The van der Waals surface area contributed by atoms with E-state index in [0.29, 0.717) is 0 Å². The molecule has 0 aliphatic carbocycles. The van der Waals surface area contributed by atoms with E-state index in [9.17, 15) is 18.0 Å². The van der Waals surface area contributed by atoms with Crippen molar-refractivity contribution in [2.45, 2.75) is 10.5 Å². The molecule has 0 amide bonds. The van der Waals surface area contributed by atoms with E-state index in [0.717, 1.165) is 6.20 Å². The number of hydrogen-bond donors (Lipinski definition) is 1. The van der Waals surface area contributed by atoms with Crippen molar-refractivity contribution in [2.75, 3.05) is 0 Å². The normalized spacial score (nSPS) is 11.6. The average molecular weight is 196 g/mol. The molecule has 1 rings (SSSR count). The molecule has 0 spiro atoms. The molecule has 0 aromatic carbocycles. The molecule has 0 bridgehead atoms. The quantitative estimate of drug-likeness (QED) is 0.690. The summed E-state index contributed by atoms with van der Waals surface area (Å²) < 4.78 is 35.1. The highest BCUT2D eigenvalue weighted by atomic mass is 32.2. The van der Waals surface area contributed by atoms with E-state index >= 15 is 0 Å². The Morgan fingerprint density at radius 1 is 1.50 bits per heavy atom. The molecule has 1 N–H and O–H groups in total. The smallest absolute Gasteiger partial charge is 0.325 e. The van der Waals surface area contributed by atoms with Crippen molar-refractivity contribution in [3.63, 3.8) is 0 Å². The lowest BCUT2D eigenvalue weighted by Gasteiger charge is -2.01. The Balaban J connectivity index is 2.91. The molecular weight excluding hydrogens is 193 g/mol. The van der Waals surface area contributed by atoms with Crippen LogP contribution in [0.2, 0.25) is 0 Å². The van der Waals surface area contributed by atoms with Crippen molar-refractivity contribution in [2.24, 2.45) is 0 Å². The molecule has 1 heterocycles. The van der Waals surface area contributed by atoms with Crippen molar-refractivity contribution in [1.82, 2.24) is 9.97 Å². The summed E-state index contributed by atoms with van der Waals surface area (Å²) in [6.07, 6.45) is 2.26. The van der Waals surface area contributed by atoms with Crippen LogP contribution in [-0.4, -0.2) is 15.5 Å². The van der Waals surface area contributed by atoms with E-state index in [-0.39, 0.29) is 0 Å². The lowest BCUT2D eigenvalue weighted by molar-refractivity contribution is -0.0330. The van der Waals surface area contributed by atoms with Crippen LogP contribution in [0.15, 0.2) is 22.2 Å². The van der Waals surface area contributed by atoms with E-state index in [1.807, 2.05) is 0 Å². The molecule has 0 atom stereocenters. The summed E-state index contributed by atoms with van der Waals surface area (Å²) in [5.41, 5.74) is -5.30. The number of nitrogens with one attached hydrogen (secondary N) is 1. The number of thioether (sulfide) groups is 1. The Kier molecular flexibility index (Phi) is 2.41. The zero-order valence-corrected chi connectivity index (χ0v) is 6.37. The Hall–Kier alpha value is -0.980. The maximum absolute atomic E-state index is 11.7. The number of hydrogen-bond acceptors (Lipinski definition) is 3. The van der Waals surface area contributed by atoms with Gasteiger partial charge >= 0.3 is 5.51 Å². The lowest BCUT2D eigenvalue weighted by Crippen LogP contribution is -2.12. The fourth-order valence-electron chi connectivity index (χ4n) is 0.521. The summed E-state index contributed by atoms with van der Waals surface area (Å²) in [5.74, 6) is 0. The number of alkyl halides is 3. The summed E-state index contributed by atoms with van der Waals surface area (Å²) >= 11 is -0.528. The van der Waals surface area contributed by atoms with Gasteiger partial charge in [-0.2, -0.15) is 13.2 Å². The number of rotatable bonds is 1. The maximum atomic E-state index is 11.7. The van der Waals surface area contributed by atoms with Gasteiger partial charge in [-0.15, -0.1) is 0 Å². The van der Waals surface area contributed by atoms with Gasteiger partial charge in [0, 0.05) is 24.2 Å². The van der Waals surface area contributed by atoms with Gasteiger partial charge in [0.15, 0.2) is 5.03 Å². The fourth-order valence-corrected chi connectivity index (χ4v) is 1.01. The molecule has 66 valence electrons. The van der Waals surface area contributed by atoms with Gasteiger partial charge in [-0.25, -0.2) is 4.98 Å². The van der Waals surface area contributed by atoms with Crippen LogP contribution >= 0.6 is 11.8 Å². The molecule has 0 unspecified atom stereocenters. The number of nitrogens with zero attached hydrogens (tertiary/aromatic N) is 1. The molecule has 1 aromatic heterocycles.